The second kappa shape index (κ2) is 5.40. The molecule has 0 radical (unpaired) electrons. The molecule has 0 heterocycles. The highest BCUT2D eigenvalue weighted by Gasteiger charge is 2.14. The standard InChI is InChI=1S/C11H22N2/c1-3-9(2)7-13-8-10-4-5-11(12)6-10/h4-5,9-11,13H,3,6-8,12H2,1-2H3. The molecule has 0 fully saturated rings. The van der Waals surface area contributed by atoms with Crippen LogP contribution in [-0.2, 0) is 0 Å². The van der Waals surface area contributed by atoms with Crippen LogP contribution < -0.4 is 11.1 Å². The van der Waals surface area contributed by atoms with Crippen molar-refractivity contribution in [1.82, 2.24) is 5.32 Å². The van der Waals surface area contributed by atoms with E-state index in [1.54, 1.807) is 0 Å². The topological polar surface area (TPSA) is 38.0 Å². The van der Waals surface area contributed by atoms with Crippen LogP contribution in [0.5, 0.6) is 0 Å². The molecule has 0 bridgehead atoms. The van der Waals surface area contributed by atoms with E-state index < -0.39 is 0 Å². The molecule has 0 aromatic heterocycles. The number of nitrogens with two attached hydrogens (primary N) is 1. The van der Waals surface area contributed by atoms with Crippen LogP contribution in [0.25, 0.3) is 0 Å². The van der Waals surface area contributed by atoms with Gasteiger partial charge in [0, 0.05) is 12.6 Å². The lowest BCUT2D eigenvalue weighted by atomic mass is 10.1. The van der Waals surface area contributed by atoms with E-state index in [0.717, 1.165) is 25.4 Å². The van der Waals surface area contributed by atoms with Crippen LogP contribution in [0.1, 0.15) is 26.7 Å². The van der Waals surface area contributed by atoms with Gasteiger partial charge in [-0.2, -0.15) is 0 Å². The third kappa shape index (κ3) is 3.92. The highest BCUT2D eigenvalue weighted by atomic mass is 14.9. The minimum atomic E-state index is 0.301. The summed E-state index contributed by atoms with van der Waals surface area (Å²) in [6.07, 6.45) is 6.74. The van der Waals surface area contributed by atoms with Gasteiger partial charge in [-0.15, -0.1) is 0 Å². The fourth-order valence-corrected chi connectivity index (χ4v) is 1.62. The van der Waals surface area contributed by atoms with Gasteiger partial charge in [-0.05, 0) is 24.8 Å². The van der Waals surface area contributed by atoms with Gasteiger partial charge >= 0.3 is 0 Å². The molecule has 1 aliphatic carbocycles. The van der Waals surface area contributed by atoms with Crippen LogP contribution in [0.15, 0.2) is 12.2 Å². The molecule has 0 amide bonds. The van der Waals surface area contributed by atoms with Crippen molar-refractivity contribution in [2.45, 2.75) is 32.7 Å². The predicted octanol–water partition coefficient (Wildman–Crippen LogP) is 1.53. The molecular weight excluding hydrogens is 160 g/mol. The maximum Gasteiger partial charge on any atom is 0.0229 e. The molecule has 1 aliphatic rings. The van der Waals surface area contributed by atoms with E-state index >= 15 is 0 Å². The van der Waals surface area contributed by atoms with E-state index in [1.165, 1.54) is 6.42 Å². The Kier molecular flexibility index (Phi) is 4.46. The van der Waals surface area contributed by atoms with Crippen molar-refractivity contribution in [3.8, 4) is 0 Å². The zero-order valence-electron chi connectivity index (χ0n) is 8.79. The molecule has 2 heteroatoms. The fourth-order valence-electron chi connectivity index (χ4n) is 1.62. The van der Waals surface area contributed by atoms with Crippen molar-refractivity contribution >= 4 is 0 Å². The van der Waals surface area contributed by atoms with E-state index in [0.29, 0.717) is 12.0 Å². The molecule has 3 N–H and O–H groups in total. The summed E-state index contributed by atoms with van der Waals surface area (Å²) in [5, 5.41) is 3.49. The van der Waals surface area contributed by atoms with Crippen LogP contribution in [-0.4, -0.2) is 19.1 Å². The molecule has 76 valence electrons. The van der Waals surface area contributed by atoms with Crippen LogP contribution in [0, 0.1) is 11.8 Å². The normalized spacial score (nSPS) is 29.5. The Morgan fingerprint density at radius 1 is 1.54 bits per heavy atom. The summed E-state index contributed by atoms with van der Waals surface area (Å²) in [5.41, 5.74) is 5.77. The molecule has 13 heavy (non-hydrogen) atoms. The molecule has 0 saturated carbocycles. The summed E-state index contributed by atoms with van der Waals surface area (Å²) < 4.78 is 0. The quantitative estimate of drug-likeness (QED) is 0.633. The first-order valence-corrected chi connectivity index (χ1v) is 5.37. The Bertz CT molecular complexity index is 165. The Balaban J connectivity index is 2.04. The second-order valence-electron chi connectivity index (χ2n) is 4.22. The molecular formula is C11H22N2. The van der Waals surface area contributed by atoms with E-state index in [-0.39, 0.29) is 0 Å². The van der Waals surface area contributed by atoms with Crippen molar-refractivity contribution in [3.63, 3.8) is 0 Å². The fraction of sp³-hybridized carbons (Fsp3) is 0.818. The lowest BCUT2D eigenvalue weighted by Gasteiger charge is -2.13. The Morgan fingerprint density at radius 2 is 2.31 bits per heavy atom. The van der Waals surface area contributed by atoms with Crippen LogP contribution in [0.2, 0.25) is 0 Å². The van der Waals surface area contributed by atoms with E-state index in [9.17, 15) is 0 Å². The average Bonchev–Trinajstić information content (AvgIpc) is 2.51. The number of hydrogen-bond acceptors (Lipinski definition) is 2. The monoisotopic (exact) mass is 182 g/mol. The maximum absolute atomic E-state index is 5.77. The summed E-state index contributed by atoms with van der Waals surface area (Å²) in [6, 6.07) is 0.301. The molecule has 1 rings (SSSR count). The molecule has 0 aromatic carbocycles. The third-order valence-corrected chi connectivity index (χ3v) is 2.80. The molecule has 0 spiro atoms. The summed E-state index contributed by atoms with van der Waals surface area (Å²) >= 11 is 0. The molecule has 2 nitrogen and oxygen atoms in total. The second-order valence-corrected chi connectivity index (χ2v) is 4.22. The Morgan fingerprint density at radius 3 is 2.85 bits per heavy atom. The van der Waals surface area contributed by atoms with E-state index in [2.05, 4.69) is 31.3 Å². The summed E-state index contributed by atoms with van der Waals surface area (Å²) in [6.45, 7) is 6.74. The molecule has 0 aromatic rings. The molecule has 3 atom stereocenters. The lowest BCUT2D eigenvalue weighted by Crippen LogP contribution is -2.27. The Labute approximate surface area is 81.6 Å². The third-order valence-electron chi connectivity index (χ3n) is 2.80. The van der Waals surface area contributed by atoms with Crippen molar-refractivity contribution in [3.05, 3.63) is 12.2 Å². The minimum absolute atomic E-state index is 0.301. The Hall–Kier alpha value is -0.340. The first kappa shape index (κ1) is 10.7. The van der Waals surface area contributed by atoms with Gasteiger partial charge in [0.1, 0.15) is 0 Å². The van der Waals surface area contributed by atoms with Gasteiger partial charge in [0.25, 0.3) is 0 Å². The van der Waals surface area contributed by atoms with Gasteiger partial charge in [0.2, 0.25) is 0 Å². The lowest BCUT2D eigenvalue weighted by molar-refractivity contribution is 0.461. The van der Waals surface area contributed by atoms with Crippen LogP contribution >= 0.6 is 0 Å². The minimum Gasteiger partial charge on any atom is -0.324 e. The number of hydrogen-bond donors (Lipinski definition) is 2. The van der Waals surface area contributed by atoms with Gasteiger partial charge < -0.3 is 11.1 Å². The van der Waals surface area contributed by atoms with Crippen molar-refractivity contribution in [2.24, 2.45) is 17.6 Å². The predicted molar refractivity (Wildman–Crippen MR) is 57.5 cm³/mol. The highest BCUT2D eigenvalue weighted by molar-refractivity contribution is 5.04. The van der Waals surface area contributed by atoms with Crippen molar-refractivity contribution in [1.29, 1.82) is 0 Å². The number of rotatable bonds is 5. The molecule has 0 saturated heterocycles. The number of nitrogens with one attached hydrogen (secondary N) is 1. The molecule has 0 aliphatic heterocycles. The van der Waals surface area contributed by atoms with Crippen molar-refractivity contribution < 1.29 is 0 Å². The van der Waals surface area contributed by atoms with Crippen molar-refractivity contribution in [2.75, 3.05) is 13.1 Å². The van der Waals surface area contributed by atoms with Crippen LogP contribution in [0.4, 0.5) is 0 Å². The summed E-state index contributed by atoms with van der Waals surface area (Å²) in [5.74, 6) is 1.46. The van der Waals surface area contributed by atoms with Gasteiger partial charge in [0.15, 0.2) is 0 Å². The molecule has 3 unspecified atom stereocenters. The zero-order chi connectivity index (χ0) is 9.68. The summed E-state index contributed by atoms with van der Waals surface area (Å²) in [7, 11) is 0. The van der Waals surface area contributed by atoms with E-state index in [4.69, 9.17) is 5.73 Å². The van der Waals surface area contributed by atoms with E-state index in [1.807, 2.05) is 0 Å². The SMILES string of the molecule is CCC(C)CNCC1C=CC(N)C1. The first-order valence-electron chi connectivity index (χ1n) is 5.37. The maximum atomic E-state index is 5.77. The van der Waals surface area contributed by atoms with Gasteiger partial charge in [-0.25, -0.2) is 0 Å². The van der Waals surface area contributed by atoms with Crippen LogP contribution in [0.3, 0.4) is 0 Å². The largest absolute Gasteiger partial charge is 0.324 e. The smallest absolute Gasteiger partial charge is 0.0229 e. The van der Waals surface area contributed by atoms with Gasteiger partial charge in [0.05, 0.1) is 0 Å². The van der Waals surface area contributed by atoms with Gasteiger partial charge in [-0.1, -0.05) is 32.4 Å². The highest BCUT2D eigenvalue weighted by Crippen LogP contribution is 2.15. The average molecular weight is 182 g/mol. The summed E-state index contributed by atoms with van der Waals surface area (Å²) in [4.78, 5) is 0. The zero-order valence-corrected chi connectivity index (χ0v) is 8.79. The first-order chi connectivity index (χ1) is 6.22. The van der Waals surface area contributed by atoms with Gasteiger partial charge in [-0.3, -0.25) is 0 Å².